The molecule has 0 saturated heterocycles. The summed E-state index contributed by atoms with van der Waals surface area (Å²) in [5, 5.41) is 18.8. The van der Waals surface area contributed by atoms with E-state index in [-0.39, 0.29) is 18.4 Å². The third kappa shape index (κ3) is 2.90. The smallest absolute Gasteiger partial charge is 0.272 e. The van der Waals surface area contributed by atoms with Crippen molar-refractivity contribution in [2.45, 2.75) is 39.0 Å². The summed E-state index contributed by atoms with van der Waals surface area (Å²) in [6, 6.07) is 0. The van der Waals surface area contributed by atoms with Crippen molar-refractivity contribution in [3.63, 3.8) is 0 Å². The van der Waals surface area contributed by atoms with Gasteiger partial charge >= 0.3 is 0 Å². The van der Waals surface area contributed by atoms with Crippen molar-refractivity contribution >= 4 is 5.91 Å². The molecule has 1 aliphatic carbocycles. The molecule has 0 aromatic carbocycles. The molecule has 3 N–H and O–H groups in total. The van der Waals surface area contributed by atoms with E-state index in [2.05, 4.69) is 15.5 Å². The maximum Gasteiger partial charge on any atom is 0.272 e. The van der Waals surface area contributed by atoms with Crippen LogP contribution >= 0.6 is 0 Å². The van der Waals surface area contributed by atoms with Crippen molar-refractivity contribution in [2.75, 3.05) is 13.2 Å². The summed E-state index contributed by atoms with van der Waals surface area (Å²) in [5.74, 6) is 0.188. The monoisotopic (exact) mass is 251 g/mol. The molecule has 0 saturated carbocycles. The quantitative estimate of drug-likeness (QED) is 0.731. The number of carbonyl (C=O) groups excluding carboxylic acids is 1. The van der Waals surface area contributed by atoms with E-state index in [1.165, 1.54) is 6.42 Å². The molecule has 1 amide bonds. The molecule has 0 spiro atoms. The van der Waals surface area contributed by atoms with Gasteiger partial charge in [-0.2, -0.15) is 5.10 Å². The van der Waals surface area contributed by atoms with Gasteiger partial charge in [0.1, 0.15) is 0 Å². The molecular weight excluding hydrogens is 230 g/mol. The van der Waals surface area contributed by atoms with Gasteiger partial charge in [-0.25, -0.2) is 0 Å². The Morgan fingerprint density at radius 3 is 3.06 bits per heavy atom. The number of aromatic amines is 1. The minimum absolute atomic E-state index is 0.0980. The largest absolute Gasteiger partial charge is 0.396 e. The van der Waals surface area contributed by atoms with E-state index in [0.717, 1.165) is 30.5 Å². The molecule has 5 heteroatoms. The van der Waals surface area contributed by atoms with Crippen molar-refractivity contribution in [1.29, 1.82) is 0 Å². The Morgan fingerprint density at radius 1 is 1.50 bits per heavy atom. The third-order valence-corrected chi connectivity index (χ3v) is 3.50. The number of H-pyrrole nitrogens is 1. The van der Waals surface area contributed by atoms with Crippen LogP contribution in [0.2, 0.25) is 0 Å². The number of aromatic nitrogens is 2. The highest BCUT2D eigenvalue weighted by Gasteiger charge is 2.21. The van der Waals surface area contributed by atoms with E-state index < -0.39 is 0 Å². The van der Waals surface area contributed by atoms with E-state index >= 15 is 0 Å². The van der Waals surface area contributed by atoms with Crippen LogP contribution in [-0.2, 0) is 12.8 Å². The van der Waals surface area contributed by atoms with Crippen LogP contribution in [0.3, 0.4) is 0 Å². The molecule has 1 aromatic rings. The Labute approximate surface area is 107 Å². The molecule has 1 atom stereocenters. The highest BCUT2D eigenvalue weighted by molar-refractivity contribution is 5.94. The second-order valence-corrected chi connectivity index (χ2v) is 5.06. The van der Waals surface area contributed by atoms with Gasteiger partial charge in [0.15, 0.2) is 5.69 Å². The first kappa shape index (κ1) is 13.1. The van der Waals surface area contributed by atoms with Crippen LogP contribution in [0.1, 0.15) is 47.9 Å². The number of aryl methyl sites for hydroxylation is 1. The lowest BCUT2D eigenvalue weighted by atomic mass is 9.95. The second-order valence-electron chi connectivity index (χ2n) is 5.06. The Kier molecular flexibility index (Phi) is 4.36. The van der Waals surface area contributed by atoms with Gasteiger partial charge in [-0.3, -0.25) is 9.89 Å². The van der Waals surface area contributed by atoms with E-state index in [1.54, 1.807) is 0 Å². The number of amides is 1. The fraction of sp³-hybridized carbons (Fsp3) is 0.692. The molecule has 0 radical (unpaired) electrons. The highest BCUT2D eigenvalue weighted by Crippen LogP contribution is 2.21. The Hall–Kier alpha value is -1.36. The summed E-state index contributed by atoms with van der Waals surface area (Å²) in [4.78, 5) is 12.0. The zero-order valence-corrected chi connectivity index (χ0v) is 10.8. The number of hydrogen-bond donors (Lipinski definition) is 3. The van der Waals surface area contributed by atoms with Gasteiger partial charge in [0, 0.05) is 24.4 Å². The number of nitrogens with zero attached hydrogens (tertiary/aromatic N) is 1. The first-order valence-corrected chi connectivity index (χ1v) is 6.67. The predicted octanol–water partition coefficient (Wildman–Crippen LogP) is 1.04. The fourth-order valence-corrected chi connectivity index (χ4v) is 2.34. The average molecular weight is 251 g/mol. The summed E-state index contributed by atoms with van der Waals surface area (Å²) in [7, 11) is 0. The average Bonchev–Trinajstić information content (AvgIpc) is 2.80. The van der Waals surface area contributed by atoms with Crippen LogP contribution in [0, 0.1) is 5.92 Å². The molecule has 1 heterocycles. The van der Waals surface area contributed by atoms with E-state index in [9.17, 15) is 4.79 Å². The van der Waals surface area contributed by atoms with Gasteiger partial charge in [0.2, 0.25) is 0 Å². The van der Waals surface area contributed by atoms with Crippen LogP contribution in [0.5, 0.6) is 0 Å². The lowest BCUT2D eigenvalue weighted by molar-refractivity contribution is 0.0939. The number of hydrogen-bond acceptors (Lipinski definition) is 3. The number of carbonyl (C=O) groups is 1. The molecule has 1 aromatic heterocycles. The first-order chi connectivity index (χ1) is 8.72. The molecule has 2 rings (SSSR count). The lowest BCUT2D eigenvalue weighted by Crippen LogP contribution is -2.29. The summed E-state index contributed by atoms with van der Waals surface area (Å²) in [5.41, 5.74) is 2.77. The maximum atomic E-state index is 12.0. The predicted molar refractivity (Wildman–Crippen MR) is 68.4 cm³/mol. The normalized spacial score (nSPS) is 16.1. The van der Waals surface area contributed by atoms with Crippen molar-refractivity contribution < 1.29 is 9.90 Å². The standard InChI is InChI=1S/C13H21N3O2/c1-9(6-7-17)8-14-13(18)12-10-4-2-3-5-11(10)15-16-12/h9,17H,2-8H2,1H3,(H,14,18)(H,15,16). The van der Waals surface area contributed by atoms with Gasteiger partial charge in [-0.15, -0.1) is 0 Å². The molecule has 5 nitrogen and oxygen atoms in total. The van der Waals surface area contributed by atoms with Crippen LogP contribution in [0.15, 0.2) is 0 Å². The molecule has 0 fully saturated rings. The number of aliphatic hydroxyl groups is 1. The van der Waals surface area contributed by atoms with Gasteiger partial charge in [0.25, 0.3) is 5.91 Å². The summed E-state index contributed by atoms with van der Waals surface area (Å²) in [6.07, 6.45) is 4.95. The third-order valence-electron chi connectivity index (χ3n) is 3.50. The number of aliphatic hydroxyl groups excluding tert-OH is 1. The minimum Gasteiger partial charge on any atom is -0.396 e. The highest BCUT2D eigenvalue weighted by atomic mass is 16.3. The molecule has 0 bridgehead atoms. The van der Waals surface area contributed by atoms with Crippen molar-refractivity contribution in [1.82, 2.24) is 15.5 Å². The van der Waals surface area contributed by atoms with Crippen LogP contribution in [0.4, 0.5) is 0 Å². The fourth-order valence-electron chi connectivity index (χ4n) is 2.34. The number of nitrogens with one attached hydrogen (secondary N) is 2. The Morgan fingerprint density at radius 2 is 2.28 bits per heavy atom. The van der Waals surface area contributed by atoms with Crippen molar-refractivity contribution in [2.24, 2.45) is 5.92 Å². The number of fused-ring (bicyclic) bond motifs is 1. The van der Waals surface area contributed by atoms with Gasteiger partial charge < -0.3 is 10.4 Å². The van der Waals surface area contributed by atoms with E-state index in [0.29, 0.717) is 18.7 Å². The van der Waals surface area contributed by atoms with E-state index in [1.807, 2.05) is 6.92 Å². The second kappa shape index (κ2) is 6.00. The SMILES string of the molecule is CC(CCO)CNC(=O)c1n[nH]c2c1CCCC2. The summed E-state index contributed by atoms with van der Waals surface area (Å²) in [6.45, 7) is 2.76. The van der Waals surface area contributed by atoms with Gasteiger partial charge in [0.05, 0.1) is 0 Å². The molecule has 1 unspecified atom stereocenters. The zero-order chi connectivity index (χ0) is 13.0. The molecule has 0 aliphatic heterocycles. The van der Waals surface area contributed by atoms with Crippen LogP contribution in [0.25, 0.3) is 0 Å². The first-order valence-electron chi connectivity index (χ1n) is 6.67. The summed E-state index contributed by atoms with van der Waals surface area (Å²) < 4.78 is 0. The number of rotatable bonds is 5. The molecule has 18 heavy (non-hydrogen) atoms. The molecule has 100 valence electrons. The van der Waals surface area contributed by atoms with Crippen molar-refractivity contribution in [3.8, 4) is 0 Å². The van der Waals surface area contributed by atoms with Gasteiger partial charge in [-0.05, 0) is 38.0 Å². The van der Waals surface area contributed by atoms with Crippen LogP contribution in [-0.4, -0.2) is 34.4 Å². The Bertz CT molecular complexity index is 414. The zero-order valence-electron chi connectivity index (χ0n) is 10.8. The van der Waals surface area contributed by atoms with Gasteiger partial charge in [-0.1, -0.05) is 6.92 Å². The maximum absolute atomic E-state index is 12.0. The Balaban J connectivity index is 1.95. The van der Waals surface area contributed by atoms with E-state index in [4.69, 9.17) is 5.11 Å². The van der Waals surface area contributed by atoms with Crippen LogP contribution < -0.4 is 5.32 Å². The van der Waals surface area contributed by atoms with Crippen molar-refractivity contribution in [3.05, 3.63) is 17.0 Å². The molecule has 1 aliphatic rings. The lowest BCUT2D eigenvalue weighted by Gasteiger charge is -2.13. The topological polar surface area (TPSA) is 78.0 Å². The summed E-state index contributed by atoms with van der Waals surface area (Å²) >= 11 is 0. The molecular formula is C13H21N3O2. The minimum atomic E-state index is -0.0980.